The Morgan fingerprint density at radius 2 is 2.16 bits per heavy atom. The van der Waals surface area contributed by atoms with E-state index in [-0.39, 0.29) is 24.0 Å². The van der Waals surface area contributed by atoms with Crippen molar-refractivity contribution >= 4 is 29.9 Å². The number of benzene rings is 1. The largest absolute Gasteiger partial charge is 0.497 e. The van der Waals surface area contributed by atoms with Crippen molar-refractivity contribution in [1.82, 2.24) is 10.6 Å². The summed E-state index contributed by atoms with van der Waals surface area (Å²) in [4.78, 5) is 4.36. The lowest BCUT2D eigenvalue weighted by Crippen LogP contribution is -2.40. The molecule has 0 atom stereocenters. The first-order chi connectivity index (χ1) is 8.83. The van der Waals surface area contributed by atoms with E-state index in [4.69, 9.17) is 9.47 Å². The van der Waals surface area contributed by atoms with Crippen molar-refractivity contribution in [2.24, 2.45) is 4.99 Å². The van der Waals surface area contributed by atoms with Gasteiger partial charge in [-0.15, -0.1) is 24.0 Å². The van der Waals surface area contributed by atoms with Crippen LogP contribution in [-0.4, -0.2) is 33.3 Å². The van der Waals surface area contributed by atoms with Gasteiger partial charge < -0.3 is 20.1 Å². The van der Waals surface area contributed by atoms with E-state index in [0.29, 0.717) is 6.54 Å². The summed E-state index contributed by atoms with van der Waals surface area (Å²) in [6.45, 7) is 2.51. The molecule has 0 spiro atoms. The Labute approximate surface area is 130 Å². The van der Waals surface area contributed by atoms with Crippen LogP contribution in [0.4, 0.5) is 0 Å². The van der Waals surface area contributed by atoms with Crippen LogP contribution in [0, 0.1) is 0 Å². The summed E-state index contributed by atoms with van der Waals surface area (Å²) in [5.41, 5.74) is 1.05. The molecule has 0 unspecified atom stereocenters. The van der Waals surface area contributed by atoms with Crippen molar-refractivity contribution < 1.29 is 9.47 Å². The smallest absolute Gasteiger partial charge is 0.191 e. The predicted octanol–water partition coefficient (Wildman–Crippen LogP) is 1.76. The number of rotatable bonds is 4. The highest BCUT2D eigenvalue weighted by Gasteiger charge is 2.07. The second-order valence-electron chi connectivity index (χ2n) is 4.04. The molecule has 1 aromatic carbocycles. The summed E-state index contributed by atoms with van der Waals surface area (Å²) in [6.07, 6.45) is 1.09. The number of hydrogen-bond acceptors (Lipinski definition) is 5. The molecule has 6 heteroatoms. The van der Waals surface area contributed by atoms with Crippen LogP contribution in [0.2, 0.25) is 0 Å². The third-order valence-electron chi connectivity index (χ3n) is 2.83. The van der Waals surface area contributed by atoms with Gasteiger partial charge in [0.05, 0.1) is 14.2 Å². The first kappa shape index (κ1) is 15.9. The van der Waals surface area contributed by atoms with Crippen molar-refractivity contribution in [3.63, 3.8) is 0 Å². The van der Waals surface area contributed by atoms with Crippen LogP contribution in [0.5, 0.6) is 11.5 Å². The summed E-state index contributed by atoms with van der Waals surface area (Å²) in [7, 11) is 3.33. The average Bonchev–Trinajstić information content (AvgIpc) is 2.45. The SMILES string of the molecule is COc1ccc(OC)c(CNC2=NCCCN2)c1.I. The second-order valence-corrected chi connectivity index (χ2v) is 4.04. The molecule has 0 fully saturated rings. The van der Waals surface area contributed by atoms with Crippen LogP contribution in [0.1, 0.15) is 12.0 Å². The summed E-state index contributed by atoms with van der Waals surface area (Å²) in [5, 5.41) is 6.49. The fraction of sp³-hybridized carbons (Fsp3) is 0.462. The van der Waals surface area contributed by atoms with Gasteiger partial charge in [0.15, 0.2) is 5.96 Å². The van der Waals surface area contributed by atoms with E-state index in [1.165, 1.54) is 0 Å². The van der Waals surface area contributed by atoms with Gasteiger partial charge in [0, 0.05) is 25.2 Å². The van der Waals surface area contributed by atoms with Crippen molar-refractivity contribution in [3.8, 4) is 11.5 Å². The molecule has 1 heterocycles. The zero-order valence-electron chi connectivity index (χ0n) is 11.2. The van der Waals surface area contributed by atoms with Crippen LogP contribution < -0.4 is 20.1 Å². The maximum atomic E-state index is 5.33. The molecule has 0 saturated carbocycles. The molecule has 1 aromatic rings. The lowest BCUT2D eigenvalue weighted by Gasteiger charge is -2.17. The van der Waals surface area contributed by atoms with E-state index in [1.54, 1.807) is 14.2 Å². The zero-order chi connectivity index (χ0) is 12.8. The van der Waals surface area contributed by atoms with Gasteiger partial charge in [-0.05, 0) is 24.6 Å². The summed E-state index contributed by atoms with van der Waals surface area (Å²) in [6, 6.07) is 5.76. The van der Waals surface area contributed by atoms with Gasteiger partial charge in [-0.2, -0.15) is 0 Å². The highest BCUT2D eigenvalue weighted by atomic mass is 127. The van der Waals surface area contributed by atoms with E-state index < -0.39 is 0 Å². The van der Waals surface area contributed by atoms with Crippen LogP contribution in [0.15, 0.2) is 23.2 Å². The highest BCUT2D eigenvalue weighted by molar-refractivity contribution is 14.0. The Balaban J connectivity index is 0.00000180. The third kappa shape index (κ3) is 4.45. The number of aliphatic imine (C=N–C) groups is 1. The Hall–Kier alpha value is -1.18. The normalized spacial score (nSPS) is 13.7. The van der Waals surface area contributed by atoms with E-state index >= 15 is 0 Å². The van der Waals surface area contributed by atoms with Gasteiger partial charge >= 0.3 is 0 Å². The van der Waals surface area contributed by atoms with Crippen molar-refractivity contribution in [2.75, 3.05) is 27.3 Å². The molecular weight excluding hydrogens is 357 g/mol. The van der Waals surface area contributed by atoms with Crippen LogP contribution in [0.3, 0.4) is 0 Å². The molecule has 0 bridgehead atoms. The maximum Gasteiger partial charge on any atom is 0.191 e. The predicted molar refractivity (Wildman–Crippen MR) is 86.7 cm³/mol. The monoisotopic (exact) mass is 377 g/mol. The number of guanidine groups is 1. The minimum absolute atomic E-state index is 0. The van der Waals surface area contributed by atoms with Gasteiger partial charge in [0.25, 0.3) is 0 Å². The number of ether oxygens (including phenoxy) is 2. The standard InChI is InChI=1S/C13H19N3O2.HI/c1-17-11-4-5-12(18-2)10(8-11)9-16-13-14-6-3-7-15-13;/h4-5,8H,3,6-7,9H2,1-2H3,(H2,14,15,16);1H. The third-order valence-corrected chi connectivity index (χ3v) is 2.83. The quantitative estimate of drug-likeness (QED) is 0.786. The van der Waals surface area contributed by atoms with Gasteiger partial charge in [-0.25, -0.2) is 0 Å². The number of nitrogens with zero attached hydrogens (tertiary/aromatic N) is 1. The molecule has 106 valence electrons. The van der Waals surface area contributed by atoms with Crippen LogP contribution >= 0.6 is 24.0 Å². The summed E-state index contributed by atoms with van der Waals surface area (Å²) < 4.78 is 10.5. The van der Waals surface area contributed by atoms with Crippen molar-refractivity contribution in [2.45, 2.75) is 13.0 Å². The topological polar surface area (TPSA) is 54.9 Å². The number of halogens is 1. The molecule has 0 saturated heterocycles. The Morgan fingerprint density at radius 3 is 2.79 bits per heavy atom. The van der Waals surface area contributed by atoms with E-state index in [0.717, 1.165) is 42.5 Å². The molecule has 5 nitrogen and oxygen atoms in total. The second kappa shape index (κ2) is 8.08. The van der Waals surface area contributed by atoms with Crippen LogP contribution in [0.25, 0.3) is 0 Å². The zero-order valence-corrected chi connectivity index (χ0v) is 13.6. The molecule has 0 amide bonds. The lowest BCUT2D eigenvalue weighted by atomic mass is 10.2. The fourth-order valence-corrected chi connectivity index (χ4v) is 1.85. The maximum absolute atomic E-state index is 5.33. The van der Waals surface area contributed by atoms with E-state index in [9.17, 15) is 0 Å². The number of methoxy groups -OCH3 is 2. The minimum atomic E-state index is 0. The van der Waals surface area contributed by atoms with Crippen molar-refractivity contribution in [3.05, 3.63) is 23.8 Å². The Bertz CT molecular complexity index is 438. The van der Waals surface area contributed by atoms with Gasteiger partial charge in [0.1, 0.15) is 11.5 Å². The van der Waals surface area contributed by atoms with E-state index in [2.05, 4.69) is 15.6 Å². The van der Waals surface area contributed by atoms with Crippen molar-refractivity contribution in [1.29, 1.82) is 0 Å². The molecule has 1 aliphatic heterocycles. The summed E-state index contributed by atoms with van der Waals surface area (Å²) >= 11 is 0. The molecule has 19 heavy (non-hydrogen) atoms. The first-order valence-corrected chi connectivity index (χ1v) is 6.06. The number of nitrogens with one attached hydrogen (secondary N) is 2. The highest BCUT2D eigenvalue weighted by Crippen LogP contribution is 2.23. The lowest BCUT2D eigenvalue weighted by molar-refractivity contribution is 0.398. The molecule has 1 aliphatic rings. The molecule has 0 aliphatic carbocycles. The molecule has 2 N–H and O–H groups in total. The first-order valence-electron chi connectivity index (χ1n) is 6.06. The molecule has 0 radical (unpaired) electrons. The Morgan fingerprint density at radius 1 is 1.32 bits per heavy atom. The number of hydrogen-bond donors (Lipinski definition) is 2. The fourth-order valence-electron chi connectivity index (χ4n) is 1.85. The Kier molecular flexibility index (Phi) is 6.75. The molecule has 2 rings (SSSR count). The summed E-state index contributed by atoms with van der Waals surface area (Å²) in [5.74, 6) is 2.52. The van der Waals surface area contributed by atoms with Crippen LogP contribution in [-0.2, 0) is 6.54 Å². The van der Waals surface area contributed by atoms with Gasteiger partial charge in [-0.1, -0.05) is 0 Å². The van der Waals surface area contributed by atoms with Gasteiger partial charge in [0.2, 0.25) is 0 Å². The van der Waals surface area contributed by atoms with E-state index in [1.807, 2.05) is 18.2 Å². The molecular formula is C13H20IN3O2. The van der Waals surface area contributed by atoms with Gasteiger partial charge in [-0.3, -0.25) is 4.99 Å². The molecule has 0 aromatic heterocycles. The average molecular weight is 377 g/mol. The minimum Gasteiger partial charge on any atom is -0.497 e.